The van der Waals surface area contributed by atoms with Gasteiger partial charge in [0.05, 0.1) is 25.8 Å². The maximum Gasteiger partial charge on any atom is 0.410 e. The fourth-order valence-corrected chi connectivity index (χ4v) is 3.75. The second-order valence-corrected chi connectivity index (χ2v) is 9.05. The second kappa shape index (κ2) is 10.1. The minimum Gasteiger partial charge on any atom is -0.466 e. The van der Waals surface area contributed by atoms with E-state index in [9.17, 15) is 14.4 Å². The van der Waals surface area contributed by atoms with E-state index in [0.717, 1.165) is 12.1 Å². The summed E-state index contributed by atoms with van der Waals surface area (Å²) in [5, 5.41) is 15.6. The van der Waals surface area contributed by atoms with E-state index in [1.165, 1.54) is 12.0 Å². The summed E-state index contributed by atoms with van der Waals surface area (Å²) in [5.41, 5.74) is 1.37. The van der Waals surface area contributed by atoms with Crippen molar-refractivity contribution in [2.24, 2.45) is 0 Å². The molecule has 1 aromatic rings. The van der Waals surface area contributed by atoms with Crippen LogP contribution in [-0.4, -0.2) is 84.4 Å². The van der Waals surface area contributed by atoms with Gasteiger partial charge in [-0.25, -0.2) is 9.59 Å². The first-order chi connectivity index (χ1) is 15.6. The first kappa shape index (κ1) is 24.4. The Morgan fingerprint density at radius 1 is 1.18 bits per heavy atom. The Bertz CT molecular complexity index is 922. The number of aliphatic hydroxyl groups excluding tert-OH is 1. The van der Waals surface area contributed by atoms with Crippen LogP contribution in [0.2, 0.25) is 0 Å². The zero-order valence-corrected chi connectivity index (χ0v) is 19.5. The first-order valence-corrected chi connectivity index (χ1v) is 10.9. The third-order valence-electron chi connectivity index (χ3n) is 5.32. The van der Waals surface area contributed by atoms with Gasteiger partial charge in [-0.15, -0.1) is 0 Å². The lowest BCUT2D eigenvalue weighted by Gasteiger charge is -2.24. The van der Waals surface area contributed by atoms with Gasteiger partial charge in [-0.05, 0) is 51.5 Å². The molecule has 10 heteroatoms. The fraction of sp³-hybridized carbons (Fsp3) is 0.522. The molecule has 0 spiro atoms. The molecule has 0 aliphatic carbocycles. The summed E-state index contributed by atoms with van der Waals surface area (Å²) < 4.78 is 10.2. The van der Waals surface area contributed by atoms with Gasteiger partial charge in [-0.3, -0.25) is 4.79 Å². The van der Waals surface area contributed by atoms with Gasteiger partial charge in [0.1, 0.15) is 11.3 Å². The standard InChI is InChI=1S/C23H32N4O6/c1-23(2,3)33-22(31)27-10-9-17(13-27)24-15-5-7-16(8-6-15)25-19-18(21(30)32-4)14-26(11-12-28)20(19)29/h5-8,17,24-25,28H,9-14H2,1-4H3. The van der Waals surface area contributed by atoms with Crippen LogP contribution in [-0.2, 0) is 19.1 Å². The molecule has 180 valence electrons. The fourth-order valence-electron chi connectivity index (χ4n) is 3.75. The van der Waals surface area contributed by atoms with Gasteiger partial charge in [-0.1, -0.05) is 0 Å². The average Bonchev–Trinajstić information content (AvgIpc) is 3.34. The molecule has 2 amide bonds. The van der Waals surface area contributed by atoms with Crippen molar-refractivity contribution < 1.29 is 29.0 Å². The predicted octanol–water partition coefficient (Wildman–Crippen LogP) is 1.78. The lowest BCUT2D eigenvalue weighted by atomic mass is 10.2. The van der Waals surface area contributed by atoms with E-state index < -0.39 is 11.6 Å². The quantitative estimate of drug-likeness (QED) is 0.527. The summed E-state index contributed by atoms with van der Waals surface area (Å²) in [6, 6.07) is 7.43. The largest absolute Gasteiger partial charge is 0.466 e. The first-order valence-electron chi connectivity index (χ1n) is 10.9. The van der Waals surface area contributed by atoms with E-state index in [1.807, 2.05) is 32.9 Å². The number of esters is 1. The number of benzene rings is 1. The van der Waals surface area contributed by atoms with E-state index >= 15 is 0 Å². The molecule has 33 heavy (non-hydrogen) atoms. The topological polar surface area (TPSA) is 120 Å². The van der Waals surface area contributed by atoms with Crippen LogP contribution in [0.5, 0.6) is 0 Å². The average molecular weight is 461 g/mol. The number of ether oxygens (including phenoxy) is 2. The Morgan fingerprint density at radius 2 is 1.85 bits per heavy atom. The smallest absolute Gasteiger partial charge is 0.410 e. The SMILES string of the molecule is COC(=O)C1=C(Nc2ccc(NC3CCN(C(=O)OC(C)(C)C)C3)cc2)C(=O)N(CCO)C1. The Kier molecular flexibility index (Phi) is 7.47. The normalized spacial score (nSPS) is 18.6. The Labute approximate surface area is 193 Å². The monoisotopic (exact) mass is 460 g/mol. The van der Waals surface area contributed by atoms with Crippen molar-refractivity contribution in [3.63, 3.8) is 0 Å². The lowest BCUT2D eigenvalue weighted by molar-refractivity contribution is -0.136. The van der Waals surface area contributed by atoms with Crippen molar-refractivity contribution >= 4 is 29.3 Å². The van der Waals surface area contributed by atoms with Crippen molar-refractivity contribution in [3.05, 3.63) is 35.5 Å². The van der Waals surface area contributed by atoms with Crippen molar-refractivity contribution in [1.82, 2.24) is 9.80 Å². The number of anilines is 2. The zero-order chi connectivity index (χ0) is 24.2. The van der Waals surface area contributed by atoms with Crippen molar-refractivity contribution in [2.75, 3.05) is 50.5 Å². The van der Waals surface area contributed by atoms with Crippen LogP contribution in [0.25, 0.3) is 0 Å². The molecule has 0 saturated carbocycles. The second-order valence-electron chi connectivity index (χ2n) is 9.05. The molecular formula is C23H32N4O6. The van der Waals surface area contributed by atoms with Crippen LogP contribution in [0.1, 0.15) is 27.2 Å². The number of hydrogen-bond donors (Lipinski definition) is 3. The Balaban J connectivity index is 1.61. The Morgan fingerprint density at radius 3 is 2.45 bits per heavy atom. The van der Waals surface area contributed by atoms with Gasteiger partial charge in [0, 0.05) is 37.1 Å². The molecular weight excluding hydrogens is 428 g/mol. The van der Waals surface area contributed by atoms with Crippen LogP contribution < -0.4 is 10.6 Å². The summed E-state index contributed by atoms with van der Waals surface area (Å²) in [6.07, 6.45) is 0.501. The van der Waals surface area contributed by atoms with E-state index in [-0.39, 0.29) is 49.0 Å². The van der Waals surface area contributed by atoms with Gasteiger partial charge in [0.15, 0.2) is 0 Å². The maximum atomic E-state index is 12.6. The number of aliphatic hydroxyl groups is 1. The van der Waals surface area contributed by atoms with Gasteiger partial charge in [-0.2, -0.15) is 0 Å². The molecule has 0 radical (unpaired) electrons. The summed E-state index contributed by atoms with van der Waals surface area (Å²) >= 11 is 0. The van der Waals surface area contributed by atoms with Gasteiger partial charge in [0.25, 0.3) is 5.91 Å². The highest BCUT2D eigenvalue weighted by Gasteiger charge is 2.34. The van der Waals surface area contributed by atoms with Crippen LogP contribution in [0, 0.1) is 0 Å². The van der Waals surface area contributed by atoms with E-state index in [1.54, 1.807) is 17.0 Å². The lowest BCUT2D eigenvalue weighted by Crippen LogP contribution is -2.36. The highest BCUT2D eigenvalue weighted by molar-refractivity contribution is 6.08. The number of amides is 2. The van der Waals surface area contributed by atoms with E-state index in [0.29, 0.717) is 18.8 Å². The van der Waals surface area contributed by atoms with Gasteiger partial charge in [0.2, 0.25) is 0 Å². The van der Waals surface area contributed by atoms with Crippen LogP contribution in [0.15, 0.2) is 35.5 Å². The molecule has 2 aliphatic heterocycles. The highest BCUT2D eigenvalue weighted by atomic mass is 16.6. The molecule has 1 saturated heterocycles. The number of nitrogens with zero attached hydrogens (tertiary/aromatic N) is 2. The minimum absolute atomic E-state index is 0.0872. The van der Waals surface area contributed by atoms with Gasteiger partial charge >= 0.3 is 12.1 Å². The van der Waals surface area contributed by atoms with Crippen molar-refractivity contribution in [3.8, 4) is 0 Å². The number of rotatable bonds is 7. The molecule has 1 atom stereocenters. The summed E-state index contributed by atoms with van der Waals surface area (Å²) in [4.78, 5) is 40.1. The molecule has 2 aliphatic rings. The maximum absolute atomic E-state index is 12.6. The summed E-state index contributed by atoms with van der Waals surface area (Å²) in [6.45, 7) is 6.75. The number of carbonyl (C=O) groups is 3. The zero-order valence-electron chi connectivity index (χ0n) is 19.5. The third-order valence-corrected chi connectivity index (χ3v) is 5.32. The molecule has 1 unspecified atom stereocenters. The highest BCUT2D eigenvalue weighted by Crippen LogP contribution is 2.24. The number of methoxy groups -OCH3 is 1. The minimum atomic E-state index is -0.583. The number of nitrogens with one attached hydrogen (secondary N) is 2. The van der Waals surface area contributed by atoms with Crippen molar-refractivity contribution in [2.45, 2.75) is 38.8 Å². The summed E-state index contributed by atoms with van der Waals surface area (Å²) in [5.74, 6) is -0.944. The molecule has 3 N–H and O–H groups in total. The molecule has 10 nitrogen and oxygen atoms in total. The molecule has 1 aromatic carbocycles. The van der Waals surface area contributed by atoms with Crippen LogP contribution >= 0.6 is 0 Å². The summed E-state index contributed by atoms with van der Waals surface area (Å²) in [7, 11) is 1.26. The number of likely N-dealkylation sites (tertiary alicyclic amines) is 1. The molecule has 0 bridgehead atoms. The molecule has 3 rings (SSSR count). The number of carbonyl (C=O) groups excluding carboxylic acids is 3. The van der Waals surface area contributed by atoms with Crippen LogP contribution in [0.4, 0.5) is 16.2 Å². The molecule has 2 heterocycles. The third kappa shape index (κ3) is 6.16. The van der Waals surface area contributed by atoms with Gasteiger partial charge < -0.3 is 35.0 Å². The van der Waals surface area contributed by atoms with Crippen molar-refractivity contribution in [1.29, 1.82) is 0 Å². The predicted molar refractivity (Wildman–Crippen MR) is 123 cm³/mol. The van der Waals surface area contributed by atoms with E-state index in [4.69, 9.17) is 14.6 Å². The molecule has 1 fully saturated rings. The molecule has 0 aromatic heterocycles. The van der Waals surface area contributed by atoms with Crippen LogP contribution in [0.3, 0.4) is 0 Å². The number of β-amino-alcohol motifs (C(OH)–C–C–N with tert-alkyl or cyclic N) is 1. The Hall–Kier alpha value is -3.27. The van der Waals surface area contributed by atoms with E-state index in [2.05, 4.69) is 10.6 Å². The number of hydrogen-bond acceptors (Lipinski definition) is 8.